The second-order valence-electron chi connectivity index (χ2n) is 4.07. The number of hydrogen-bond acceptors (Lipinski definition) is 5. The molecule has 0 aliphatic heterocycles. The van der Waals surface area contributed by atoms with Crippen LogP contribution in [0.3, 0.4) is 0 Å². The summed E-state index contributed by atoms with van der Waals surface area (Å²) in [4.78, 5) is 24.0. The van der Waals surface area contributed by atoms with Crippen molar-refractivity contribution in [2.75, 3.05) is 19.0 Å². The largest absolute Gasteiger partial charge is 0.497 e. The van der Waals surface area contributed by atoms with Crippen molar-refractivity contribution in [2.24, 2.45) is 0 Å². The van der Waals surface area contributed by atoms with E-state index in [1.165, 1.54) is 18.4 Å². The second kappa shape index (κ2) is 6.90. The fourth-order valence-electron chi connectivity index (χ4n) is 1.72. The zero-order chi connectivity index (χ0) is 15.2. The molecular weight excluding hydrogens is 290 g/mol. The van der Waals surface area contributed by atoms with Crippen LogP contribution in [-0.4, -0.2) is 25.6 Å². The average Bonchev–Trinajstić information content (AvgIpc) is 2.95. The van der Waals surface area contributed by atoms with Gasteiger partial charge in [0.15, 0.2) is 0 Å². The van der Waals surface area contributed by atoms with Crippen molar-refractivity contribution in [2.45, 2.75) is 6.92 Å². The van der Waals surface area contributed by atoms with Gasteiger partial charge in [-0.3, -0.25) is 4.79 Å². The normalized spacial score (nSPS) is 10.0. The second-order valence-corrected chi connectivity index (χ2v) is 4.99. The third kappa shape index (κ3) is 3.61. The van der Waals surface area contributed by atoms with Crippen LogP contribution in [0.1, 0.15) is 27.6 Å². The van der Waals surface area contributed by atoms with Gasteiger partial charge in [-0.2, -0.15) is 0 Å². The van der Waals surface area contributed by atoms with E-state index in [1.807, 2.05) is 0 Å². The number of benzene rings is 1. The van der Waals surface area contributed by atoms with E-state index in [-0.39, 0.29) is 12.5 Å². The molecule has 2 aromatic rings. The molecule has 0 bridgehead atoms. The molecule has 21 heavy (non-hydrogen) atoms. The van der Waals surface area contributed by atoms with E-state index in [0.29, 0.717) is 21.9 Å². The summed E-state index contributed by atoms with van der Waals surface area (Å²) in [5, 5.41) is 4.92. The van der Waals surface area contributed by atoms with E-state index in [4.69, 9.17) is 9.47 Å². The van der Waals surface area contributed by atoms with Crippen molar-refractivity contribution < 1.29 is 19.1 Å². The van der Waals surface area contributed by atoms with Crippen molar-refractivity contribution in [3.8, 4) is 5.75 Å². The van der Waals surface area contributed by atoms with Crippen LogP contribution in [0.5, 0.6) is 5.75 Å². The first-order valence-corrected chi connectivity index (χ1v) is 7.23. The average molecular weight is 305 g/mol. The lowest BCUT2D eigenvalue weighted by molar-refractivity contribution is 0.0528. The highest BCUT2D eigenvalue weighted by Gasteiger charge is 2.16. The van der Waals surface area contributed by atoms with Gasteiger partial charge in [0.1, 0.15) is 10.8 Å². The number of methoxy groups -OCH3 is 1. The molecule has 0 atom stereocenters. The smallest absolute Gasteiger partial charge is 0.341 e. The third-order valence-electron chi connectivity index (χ3n) is 2.72. The zero-order valence-electron chi connectivity index (χ0n) is 11.7. The maximum absolute atomic E-state index is 12.2. The number of anilines is 1. The van der Waals surface area contributed by atoms with Crippen molar-refractivity contribution >= 4 is 28.2 Å². The Balaban J connectivity index is 2.16. The monoisotopic (exact) mass is 305 g/mol. The molecule has 0 spiro atoms. The summed E-state index contributed by atoms with van der Waals surface area (Å²) in [6, 6.07) is 8.42. The van der Waals surface area contributed by atoms with Crippen LogP contribution in [0, 0.1) is 0 Å². The minimum absolute atomic E-state index is 0.290. The number of hydrogen-bond donors (Lipinski definition) is 1. The molecule has 6 heteroatoms. The molecule has 1 amide bonds. The number of carbonyl (C=O) groups is 2. The zero-order valence-corrected chi connectivity index (χ0v) is 12.5. The van der Waals surface area contributed by atoms with Crippen LogP contribution < -0.4 is 10.1 Å². The molecule has 2 rings (SSSR count). The lowest BCUT2D eigenvalue weighted by Crippen LogP contribution is -2.14. The molecule has 0 unspecified atom stereocenters. The number of rotatable bonds is 5. The molecule has 0 radical (unpaired) electrons. The molecular formula is C15H15NO4S. The Labute approximate surface area is 126 Å². The number of nitrogens with one attached hydrogen (secondary N) is 1. The van der Waals surface area contributed by atoms with Gasteiger partial charge in [0.25, 0.3) is 5.91 Å². The van der Waals surface area contributed by atoms with Gasteiger partial charge in [-0.05, 0) is 36.6 Å². The summed E-state index contributed by atoms with van der Waals surface area (Å²) in [7, 11) is 1.54. The van der Waals surface area contributed by atoms with Gasteiger partial charge in [-0.15, -0.1) is 11.3 Å². The maximum atomic E-state index is 12.2. The Morgan fingerprint density at radius 1 is 1.29 bits per heavy atom. The van der Waals surface area contributed by atoms with E-state index in [1.54, 1.807) is 42.6 Å². The number of thiophene rings is 1. The van der Waals surface area contributed by atoms with Gasteiger partial charge >= 0.3 is 5.97 Å². The lowest BCUT2D eigenvalue weighted by atomic mass is 10.2. The van der Waals surface area contributed by atoms with Gasteiger partial charge in [-0.1, -0.05) is 6.07 Å². The van der Waals surface area contributed by atoms with Crippen LogP contribution in [0.2, 0.25) is 0 Å². The van der Waals surface area contributed by atoms with Crippen molar-refractivity contribution in [3.63, 3.8) is 0 Å². The molecule has 1 aromatic heterocycles. The SMILES string of the molecule is CCOC(=O)c1ccsc1NC(=O)c1cccc(OC)c1. The minimum Gasteiger partial charge on any atom is -0.497 e. The van der Waals surface area contributed by atoms with E-state index < -0.39 is 5.97 Å². The summed E-state index contributed by atoms with van der Waals surface area (Å²) in [5.74, 6) is -0.152. The van der Waals surface area contributed by atoms with E-state index in [2.05, 4.69) is 5.32 Å². The third-order valence-corrected chi connectivity index (χ3v) is 3.55. The molecule has 1 aromatic carbocycles. The predicted octanol–water partition coefficient (Wildman–Crippen LogP) is 3.19. The highest BCUT2D eigenvalue weighted by atomic mass is 32.1. The van der Waals surface area contributed by atoms with Crippen LogP contribution in [0.4, 0.5) is 5.00 Å². The Bertz CT molecular complexity index is 651. The number of ether oxygens (including phenoxy) is 2. The highest BCUT2D eigenvalue weighted by Crippen LogP contribution is 2.25. The van der Waals surface area contributed by atoms with Crippen LogP contribution >= 0.6 is 11.3 Å². The van der Waals surface area contributed by atoms with Gasteiger partial charge < -0.3 is 14.8 Å². The fraction of sp³-hybridized carbons (Fsp3) is 0.200. The first-order chi connectivity index (χ1) is 10.2. The number of amides is 1. The number of esters is 1. The Kier molecular flexibility index (Phi) is 4.94. The number of carbonyl (C=O) groups excluding carboxylic acids is 2. The fourth-order valence-corrected chi connectivity index (χ4v) is 2.49. The topological polar surface area (TPSA) is 64.6 Å². The molecule has 0 aliphatic carbocycles. The van der Waals surface area contributed by atoms with Crippen LogP contribution in [-0.2, 0) is 4.74 Å². The molecule has 5 nitrogen and oxygen atoms in total. The highest BCUT2D eigenvalue weighted by molar-refractivity contribution is 7.14. The van der Waals surface area contributed by atoms with E-state index in [0.717, 1.165) is 0 Å². The van der Waals surface area contributed by atoms with Gasteiger partial charge in [0, 0.05) is 5.56 Å². The standard InChI is InChI=1S/C15H15NO4S/c1-3-20-15(18)12-7-8-21-14(12)16-13(17)10-5-4-6-11(9-10)19-2/h4-9H,3H2,1-2H3,(H,16,17). The van der Waals surface area contributed by atoms with Gasteiger partial charge in [-0.25, -0.2) is 4.79 Å². The quantitative estimate of drug-likeness (QED) is 0.862. The summed E-state index contributed by atoms with van der Waals surface area (Å²) in [5.41, 5.74) is 0.815. The molecule has 0 fully saturated rings. The first kappa shape index (κ1) is 15.1. The summed E-state index contributed by atoms with van der Waals surface area (Å²) < 4.78 is 10.0. The molecule has 1 N–H and O–H groups in total. The summed E-state index contributed by atoms with van der Waals surface area (Å²) in [6.07, 6.45) is 0. The van der Waals surface area contributed by atoms with Crippen molar-refractivity contribution in [1.82, 2.24) is 0 Å². The van der Waals surface area contributed by atoms with E-state index in [9.17, 15) is 9.59 Å². The molecule has 0 aliphatic rings. The molecule has 0 saturated heterocycles. The van der Waals surface area contributed by atoms with Crippen LogP contribution in [0.25, 0.3) is 0 Å². The molecule has 1 heterocycles. The Morgan fingerprint density at radius 2 is 2.10 bits per heavy atom. The maximum Gasteiger partial charge on any atom is 0.341 e. The Morgan fingerprint density at radius 3 is 2.81 bits per heavy atom. The lowest BCUT2D eigenvalue weighted by Gasteiger charge is -2.07. The summed E-state index contributed by atoms with van der Waals surface area (Å²) >= 11 is 1.27. The van der Waals surface area contributed by atoms with Crippen LogP contribution in [0.15, 0.2) is 35.7 Å². The molecule has 0 saturated carbocycles. The van der Waals surface area contributed by atoms with Crippen molar-refractivity contribution in [1.29, 1.82) is 0 Å². The predicted molar refractivity (Wildman–Crippen MR) is 81.2 cm³/mol. The molecule has 110 valence electrons. The van der Waals surface area contributed by atoms with Gasteiger partial charge in [0.05, 0.1) is 19.3 Å². The van der Waals surface area contributed by atoms with Gasteiger partial charge in [0.2, 0.25) is 0 Å². The van der Waals surface area contributed by atoms with E-state index >= 15 is 0 Å². The first-order valence-electron chi connectivity index (χ1n) is 6.35. The minimum atomic E-state index is -0.445. The Hall–Kier alpha value is -2.34. The van der Waals surface area contributed by atoms with Crippen molar-refractivity contribution in [3.05, 3.63) is 46.8 Å². The summed E-state index contributed by atoms with van der Waals surface area (Å²) in [6.45, 7) is 2.02.